The van der Waals surface area contributed by atoms with Crippen LogP contribution < -0.4 is 0 Å². The van der Waals surface area contributed by atoms with Gasteiger partial charge in [0, 0.05) is 25.9 Å². The molecule has 150 valence electrons. The van der Waals surface area contributed by atoms with Crippen LogP contribution in [0.25, 0.3) is 11.3 Å². The topological polar surface area (TPSA) is 84.1 Å². The highest BCUT2D eigenvalue weighted by atomic mass is 19.4. The van der Waals surface area contributed by atoms with Crippen molar-refractivity contribution >= 4 is 11.4 Å². The summed E-state index contributed by atoms with van der Waals surface area (Å²) in [7, 11) is 3.32. The number of hydrogen-bond acceptors (Lipinski definition) is 6. The molecule has 0 bridgehead atoms. The zero-order chi connectivity index (χ0) is 21.2. The first-order valence-corrected chi connectivity index (χ1v) is 8.35. The number of carbonyl (C=O) groups is 1. The maximum atomic E-state index is 13.1. The fraction of sp³-hybridized carbons (Fsp3) is 0.158. The molecule has 1 N–H and O–H groups in total. The van der Waals surface area contributed by atoms with E-state index in [1.807, 2.05) is 0 Å². The number of carbonyl (C=O) groups excluding carboxylic acids is 1. The molecule has 0 aliphatic carbocycles. The summed E-state index contributed by atoms with van der Waals surface area (Å²) in [4.78, 5) is 14.7. The summed E-state index contributed by atoms with van der Waals surface area (Å²) in [6.07, 6.45) is -3.14. The van der Waals surface area contributed by atoms with Crippen molar-refractivity contribution < 1.29 is 23.1 Å². The zero-order valence-electron chi connectivity index (χ0n) is 15.4. The van der Waals surface area contributed by atoms with Crippen molar-refractivity contribution in [3.8, 4) is 11.4 Å². The Morgan fingerprint density at radius 3 is 2.45 bits per heavy atom. The van der Waals surface area contributed by atoms with Crippen LogP contribution >= 0.6 is 0 Å². The highest BCUT2D eigenvalue weighted by molar-refractivity contribution is 6.28. The van der Waals surface area contributed by atoms with Gasteiger partial charge in [-0.3, -0.25) is 4.79 Å². The average Bonchev–Trinajstić information content (AvgIpc) is 3.15. The number of rotatable bonds is 5. The van der Waals surface area contributed by atoms with Crippen LogP contribution in [-0.4, -0.2) is 50.1 Å². The molecule has 1 heterocycles. The fourth-order valence-corrected chi connectivity index (χ4v) is 2.59. The molecule has 0 radical (unpaired) electrons. The monoisotopic (exact) mass is 403 g/mol. The van der Waals surface area contributed by atoms with Crippen molar-refractivity contribution in [2.75, 3.05) is 14.1 Å². The molecule has 0 aliphatic rings. The van der Waals surface area contributed by atoms with Gasteiger partial charge in [0.15, 0.2) is 11.6 Å². The summed E-state index contributed by atoms with van der Waals surface area (Å²) in [5.41, 5.74) is -0.601. The Balaban J connectivity index is 2.09. The first-order valence-electron chi connectivity index (χ1n) is 8.35. The smallest absolute Gasteiger partial charge is 0.416 e. The number of nitrogens with zero attached hydrogens (tertiary/aromatic N) is 5. The Bertz CT molecular complexity index is 1060. The van der Waals surface area contributed by atoms with Gasteiger partial charge in [-0.2, -0.15) is 17.9 Å². The number of allylic oxidation sites excluding steroid dienone is 1. The van der Waals surface area contributed by atoms with Gasteiger partial charge in [0.05, 0.1) is 16.8 Å². The zero-order valence-corrected chi connectivity index (χ0v) is 15.4. The molecule has 0 atom stereocenters. The standard InChI is InChI=1S/C19H16F3N5O2/c1-26(2)11-16(17(29)12-4-3-5-13(10-12)19(20,21)22)18-23-24-25-27(18)14-6-8-15(28)9-7-14/h3-11,28H,1-2H3. The minimum Gasteiger partial charge on any atom is -0.508 e. The summed E-state index contributed by atoms with van der Waals surface area (Å²) >= 11 is 0. The summed E-state index contributed by atoms with van der Waals surface area (Å²) < 4.78 is 40.4. The molecule has 2 aromatic carbocycles. The lowest BCUT2D eigenvalue weighted by atomic mass is 10.0. The van der Waals surface area contributed by atoms with Gasteiger partial charge in [-0.1, -0.05) is 12.1 Å². The molecule has 29 heavy (non-hydrogen) atoms. The summed E-state index contributed by atoms with van der Waals surface area (Å²) in [5, 5.41) is 20.8. The van der Waals surface area contributed by atoms with Crippen LogP contribution in [0.3, 0.4) is 0 Å². The van der Waals surface area contributed by atoms with Gasteiger partial charge in [-0.05, 0) is 46.8 Å². The molecule has 0 unspecified atom stereocenters. The van der Waals surface area contributed by atoms with Gasteiger partial charge < -0.3 is 10.0 Å². The molecule has 0 aliphatic heterocycles. The lowest BCUT2D eigenvalue weighted by Gasteiger charge is -2.13. The van der Waals surface area contributed by atoms with Gasteiger partial charge in [0.25, 0.3) is 0 Å². The van der Waals surface area contributed by atoms with Gasteiger partial charge in [0.1, 0.15) is 5.75 Å². The molecule has 3 aromatic rings. The molecule has 0 spiro atoms. The Hall–Kier alpha value is -3.69. The van der Waals surface area contributed by atoms with Crippen molar-refractivity contribution in [1.29, 1.82) is 0 Å². The quantitative estimate of drug-likeness (QED) is 0.520. The molecular weight excluding hydrogens is 387 g/mol. The van der Waals surface area contributed by atoms with E-state index in [4.69, 9.17) is 0 Å². The van der Waals surface area contributed by atoms with Crippen molar-refractivity contribution in [3.05, 3.63) is 71.7 Å². The summed E-state index contributed by atoms with van der Waals surface area (Å²) in [6.45, 7) is 0. The van der Waals surface area contributed by atoms with Gasteiger partial charge in [0.2, 0.25) is 0 Å². The number of phenolic OH excluding ortho intramolecular Hbond substituents is 1. The Morgan fingerprint density at radius 1 is 1.14 bits per heavy atom. The summed E-state index contributed by atoms with van der Waals surface area (Å²) in [6, 6.07) is 10.1. The lowest BCUT2D eigenvalue weighted by molar-refractivity contribution is -0.137. The second kappa shape index (κ2) is 7.74. The minimum atomic E-state index is -4.57. The Morgan fingerprint density at radius 2 is 1.83 bits per heavy atom. The predicted molar refractivity (Wildman–Crippen MR) is 98.3 cm³/mol. The molecule has 0 fully saturated rings. The molecular formula is C19H16F3N5O2. The van der Waals surface area contributed by atoms with E-state index in [1.54, 1.807) is 19.0 Å². The third-order valence-electron chi connectivity index (χ3n) is 3.89. The first-order chi connectivity index (χ1) is 13.7. The van der Waals surface area contributed by atoms with Crippen molar-refractivity contribution in [2.45, 2.75) is 6.18 Å². The van der Waals surface area contributed by atoms with Crippen LogP contribution in [0.2, 0.25) is 0 Å². The maximum Gasteiger partial charge on any atom is 0.416 e. The Kier molecular flexibility index (Phi) is 5.35. The van der Waals surface area contributed by atoms with Crippen LogP contribution in [0.5, 0.6) is 5.75 Å². The average molecular weight is 403 g/mol. The third kappa shape index (κ3) is 4.42. The number of alkyl halides is 3. The van der Waals surface area contributed by atoms with E-state index >= 15 is 0 Å². The van der Waals surface area contributed by atoms with E-state index in [-0.39, 0.29) is 22.7 Å². The molecule has 0 amide bonds. The van der Waals surface area contributed by atoms with Crippen molar-refractivity contribution in [3.63, 3.8) is 0 Å². The minimum absolute atomic E-state index is 0.00685. The van der Waals surface area contributed by atoms with Crippen LogP contribution in [0.1, 0.15) is 21.7 Å². The number of aromatic nitrogens is 4. The number of hydrogen-bond donors (Lipinski definition) is 1. The SMILES string of the molecule is CN(C)C=C(C(=O)c1cccc(C(F)(F)F)c1)c1nnnn1-c1ccc(O)cc1. The maximum absolute atomic E-state index is 13.1. The lowest BCUT2D eigenvalue weighted by Crippen LogP contribution is -2.14. The van der Waals surface area contributed by atoms with E-state index < -0.39 is 17.5 Å². The summed E-state index contributed by atoms with van der Waals surface area (Å²) in [5.74, 6) is -0.584. The van der Waals surface area contributed by atoms with Crippen LogP contribution in [-0.2, 0) is 6.18 Å². The van der Waals surface area contributed by atoms with Gasteiger partial charge >= 0.3 is 6.18 Å². The Labute approximate surface area is 163 Å². The number of benzene rings is 2. The van der Waals surface area contributed by atoms with Crippen LogP contribution in [0, 0.1) is 0 Å². The number of tetrazole rings is 1. The molecule has 7 nitrogen and oxygen atoms in total. The van der Waals surface area contributed by atoms with Crippen molar-refractivity contribution in [2.24, 2.45) is 0 Å². The van der Waals surface area contributed by atoms with E-state index in [2.05, 4.69) is 15.5 Å². The number of halogens is 3. The van der Waals surface area contributed by atoms with E-state index in [0.717, 1.165) is 12.1 Å². The molecule has 3 rings (SSSR count). The van der Waals surface area contributed by atoms with Crippen LogP contribution in [0.4, 0.5) is 13.2 Å². The number of ketones is 1. The van der Waals surface area contributed by atoms with Gasteiger partial charge in [-0.25, -0.2) is 0 Å². The normalized spacial score (nSPS) is 12.1. The highest BCUT2D eigenvalue weighted by Crippen LogP contribution is 2.31. The first kappa shape index (κ1) is 20.1. The predicted octanol–water partition coefficient (Wildman–Crippen LogP) is 3.17. The second-order valence-electron chi connectivity index (χ2n) is 6.34. The van der Waals surface area contributed by atoms with Crippen LogP contribution in [0.15, 0.2) is 54.7 Å². The number of Topliss-reactive ketones (excluding diaryl/α,β-unsaturated/α-hetero) is 1. The molecule has 1 aromatic heterocycles. The van der Waals surface area contributed by atoms with E-state index in [1.165, 1.54) is 47.3 Å². The highest BCUT2D eigenvalue weighted by Gasteiger charge is 2.31. The molecule has 0 saturated carbocycles. The largest absolute Gasteiger partial charge is 0.508 e. The third-order valence-corrected chi connectivity index (χ3v) is 3.89. The molecule has 0 saturated heterocycles. The van der Waals surface area contributed by atoms with Gasteiger partial charge in [-0.15, -0.1) is 5.10 Å². The van der Waals surface area contributed by atoms with E-state index in [9.17, 15) is 23.1 Å². The number of phenols is 1. The fourth-order valence-electron chi connectivity index (χ4n) is 2.59. The van der Waals surface area contributed by atoms with Crippen molar-refractivity contribution in [1.82, 2.24) is 25.1 Å². The van der Waals surface area contributed by atoms with E-state index in [0.29, 0.717) is 5.69 Å². The number of aromatic hydroxyl groups is 1. The second-order valence-corrected chi connectivity index (χ2v) is 6.34. The molecule has 10 heteroatoms.